The number of hydrogen-bond donors (Lipinski definition) is 1. The summed E-state index contributed by atoms with van der Waals surface area (Å²) >= 11 is 0. The summed E-state index contributed by atoms with van der Waals surface area (Å²) in [6.07, 6.45) is 8.00. The van der Waals surface area contributed by atoms with E-state index in [0.29, 0.717) is 0 Å². The zero-order chi connectivity index (χ0) is 10.1. The lowest BCUT2D eigenvalue weighted by Crippen LogP contribution is -2.09. The molecule has 0 aromatic carbocycles. The Balaban J connectivity index is 3.56. The molecule has 0 aliphatic heterocycles. The normalized spacial score (nSPS) is 13.6. The van der Waals surface area contributed by atoms with Gasteiger partial charge in [-0.3, -0.25) is 0 Å². The molecule has 80 valence electrons. The number of nitrogens with two attached hydrogens (primary N) is 1. The van der Waals surface area contributed by atoms with Gasteiger partial charge in [0.25, 0.3) is 0 Å². The highest BCUT2D eigenvalue weighted by molar-refractivity contribution is 4.62. The minimum absolute atomic E-state index is 0.863. The molecule has 0 bridgehead atoms. The molecule has 0 radical (unpaired) electrons. The third-order valence-electron chi connectivity index (χ3n) is 3.29. The fourth-order valence-corrected chi connectivity index (χ4v) is 1.96. The summed E-state index contributed by atoms with van der Waals surface area (Å²) < 4.78 is 0. The van der Waals surface area contributed by atoms with Crippen molar-refractivity contribution in [3.8, 4) is 0 Å². The molecule has 1 heteroatoms. The van der Waals surface area contributed by atoms with E-state index in [1.54, 1.807) is 0 Å². The molecule has 0 saturated heterocycles. The number of rotatable bonds is 8. The first-order valence-electron chi connectivity index (χ1n) is 5.98. The molecule has 0 rings (SSSR count). The van der Waals surface area contributed by atoms with Crippen LogP contribution in [0.2, 0.25) is 0 Å². The average molecular weight is 185 g/mol. The molecule has 13 heavy (non-hydrogen) atoms. The maximum atomic E-state index is 5.58. The Morgan fingerprint density at radius 2 is 1.23 bits per heavy atom. The van der Waals surface area contributed by atoms with Crippen molar-refractivity contribution in [1.29, 1.82) is 0 Å². The van der Waals surface area contributed by atoms with E-state index in [-0.39, 0.29) is 0 Å². The van der Waals surface area contributed by atoms with E-state index in [1.165, 1.54) is 38.5 Å². The second-order valence-corrected chi connectivity index (χ2v) is 4.11. The van der Waals surface area contributed by atoms with E-state index < -0.39 is 0 Å². The van der Waals surface area contributed by atoms with Crippen LogP contribution < -0.4 is 5.73 Å². The second-order valence-electron chi connectivity index (χ2n) is 4.11. The molecule has 0 unspecified atom stereocenters. The van der Waals surface area contributed by atoms with Gasteiger partial charge in [0.1, 0.15) is 0 Å². The molecule has 0 fully saturated rings. The van der Waals surface area contributed by atoms with Crippen molar-refractivity contribution in [2.75, 3.05) is 6.54 Å². The minimum atomic E-state index is 0.863. The lowest BCUT2D eigenvalue weighted by Gasteiger charge is -2.17. The van der Waals surface area contributed by atoms with Gasteiger partial charge in [0.05, 0.1) is 0 Å². The summed E-state index contributed by atoms with van der Waals surface area (Å²) in [5, 5.41) is 0. The lowest BCUT2D eigenvalue weighted by molar-refractivity contribution is 0.358. The molecule has 0 aromatic rings. The maximum Gasteiger partial charge on any atom is -0.00746 e. The molecule has 2 N–H and O–H groups in total. The van der Waals surface area contributed by atoms with Gasteiger partial charge < -0.3 is 5.73 Å². The van der Waals surface area contributed by atoms with E-state index >= 15 is 0 Å². The van der Waals surface area contributed by atoms with E-state index in [4.69, 9.17) is 5.73 Å². The molecule has 0 amide bonds. The minimum Gasteiger partial charge on any atom is -0.330 e. The van der Waals surface area contributed by atoms with E-state index in [2.05, 4.69) is 20.8 Å². The molecule has 0 aliphatic carbocycles. The Hall–Kier alpha value is -0.0400. The zero-order valence-electron chi connectivity index (χ0n) is 9.68. The van der Waals surface area contributed by atoms with Crippen LogP contribution in [0.1, 0.15) is 59.3 Å². The first kappa shape index (κ1) is 13.0. The Labute approximate surface area is 84.1 Å². The molecule has 0 saturated carbocycles. The van der Waals surface area contributed by atoms with Crippen molar-refractivity contribution < 1.29 is 0 Å². The van der Waals surface area contributed by atoms with Crippen LogP contribution in [0.15, 0.2) is 0 Å². The smallest absolute Gasteiger partial charge is 0.00746 e. The van der Waals surface area contributed by atoms with Crippen LogP contribution in [-0.2, 0) is 0 Å². The molecule has 0 aliphatic rings. The Morgan fingerprint density at radius 1 is 0.769 bits per heavy atom. The van der Waals surface area contributed by atoms with Crippen LogP contribution in [0.4, 0.5) is 0 Å². The maximum absolute atomic E-state index is 5.58. The third-order valence-corrected chi connectivity index (χ3v) is 3.29. The Morgan fingerprint density at radius 3 is 1.62 bits per heavy atom. The highest BCUT2D eigenvalue weighted by Crippen LogP contribution is 2.21. The summed E-state index contributed by atoms with van der Waals surface area (Å²) in [7, 11) is 0. The molecular formula is C12H27N. The Kier molecular flexibility index (Phi) is 8.53. The number of hydrogen-bond acceptors (Lipinski definition) is 1. The fourth-order valence-electron chi connectivity index (χ4n) is 1.96. The highest BCUT2D eigenvalue weighted by Gasteiger charge is 2.09. The first-order valence-corrected chi connectivity index (χ1v) is 5.98. The fraction of sp³-hybridized carbons (Fsp3) is 1.00. The molecular weight excluding hydrogens is 158 g/mol. The SMILES string of the molecule is CCC(CC)CC[C@H](CC)CCN. The van der Waals surface area contributed by atoms with Crippen molar-refractivity contribution in [1.82, 2.24) is 0 Å². The van der Waals surface area contributed by atoms with E-state index in [0.717, 1.165) is 18.4 Å². The summed E-state index contributed by atoms with van der Waals surface area (Å²) in [5.41, 5.74) is 5.58. The monoisotopic (exact) mass is 185 g/mol. The van der Waals surface area contributed by atoms with Gasteiger partial charge in [-0.05, 0) is 24.8 Å². The van der Waals surface area contributed by atoms with Crippen molar-refractivity contribution in [2.45, 2.75) is 59.3 Å². The van der Waals surface area contributed by atoms with Gasteiger partial charge >= 0.3 is 0 Å². The largest absolute Gasteiger partial charge is 0.330 e. The standard InChI is InChI=1S/C12H27N/c1-4-11(5-2)7-8-12(6-3)9-10-13/h11-12H,4-10,13H2,1-3H3/t12-/m0/s1. The van der Waals surface area contributed by atoms with Crippen molar-refractivity contribution >= 4 is 0 Å². The summed E-state index contributed by atoms with van der Waals surface area (Å²) in [6, 6.07) is 0. The molecule has 1 nitrogen and oxygen atoms in total. The van der Waals surface area contributed by atoms with Gasteiger partial charge in [-0.25, -0.2) is 0 Å². The summed E-state index contributed by atoms with van der Waals surface area (Å²) in [5.74, 6) is 1.83. The zero-order valence-corrected chi connectivity index (χ0v) is 9.68. The van der Waals surface area contributed by atoms with Gasteiger partial charge in [-0.1, -0.05) is 52.9 Å². The third kappa shape index (κ3) is 6.09. The van der Waals surface area contributed by atoms with Crippen LogP contribution in [0.25, 0.3) is 0 Å². The van der Waals surface area contributed by atoms with E-state index in [1.807, 2.05) is 0 Å². The van der Waals surface area contributed by atoms with Crippen molar-refractivity contribution in [2.24, 2.45) is 17.6 Å². The van der Waals surface area contributed by atoms with Crippen molar-refractivity contribution in [3.05, 3.63) is 0 Å². The Bertz CT molecular complexity index is 97.3. The highest BCUT2D eigenvalue weighted by atomic mass is 14.5. The second kappa shape index (κ2) is 8.55. The predicted molar refractivity (Wildman–Crippen MR) is 60.8 cm³/mol. The summed E-state index contributed by atoms with van der Waals surface area (Å²) in [4.78, 5) is 0. The van der Waals surface area contributed by atoms with Crippen LogP contribution in [0.5, 0.6) is 0 Å². The quantitative estimate of drug-likeness (QED) is 0.614. The average Bonchev–Trinajstić information content (AvgIpc) is 2.17. The van der Waals surface area contributed by atoms with Gasteiger partial charge in [-0.15, -0.1) is 0 Å². The molecule has 0 aromatic heterocycles. The molecule has 0 spiro atoms. The van der Waals surface area contributed by atoms with Gasteiger partial charge in [-0.2, -0.15) is 0 Å². The van der Waals surface area contributed by atoms with Crippen LogP contribution >= 0.6 is 0 Å². The van der Waals surface area contributed by atoms with Gasteiger partial charge in [0, 0.05) is 0 Å². The first-order chi connectivity index (χ1) is 6.28. The van der Waals surface area contributed by atoms with Crippen LogP contribution in [0.3, 0.4) is 0 Å². The topological polar surface area (TPSA) is 26.0 Å². The predicted octanol–water partition coefficient (Wildman–Crippen LogP) is 3.58. The summed E-state index contributed by atoms with van der Waals surface area (Å²) in [6.45, 7) is 7.75. The van der Waals surface area contributed by atoms with Crippen LogP contribution in [0, 0.1) is 11.8 Å². The van der Waals surface area contributed by atoms with Crippen molar-refractivity contribution in [3.63, 3.8) is 0 Å². The van der Waals surface area contributed by atoms with Gasteiger partial charge in [0.15, 0.2) is 0 Å². The van der Waals surface area contributed by atoms with Gasteiger partial charge in [0.2, 0.25) is 0 Å². The molecule has 0 heterocycles. The van der Waals surface area contributed by atoms with Crippen LogP contribution in [-0.4, -0.2) is 6.54 Å². The van der Waals surface area contributed by atoms with E-state index in [9.17, 15) is 0 Å². The molecule has 1 atom stereocenters. The lowest BCUT2D eigenvalue weighted by atomic mass is 9.89.